The molecule has 0 aliphatic rings. The van der Waals surface area contributed by atoms with Gasteiger partial charge in [-0.1, -0.05) is 84.7 Å². The minimum atomic E-state index is -0.0711. The monoisotopic (exact) mass is 298 g/mol. The molecule has 0 atom stereocenters. The second kappa shape index (κ2) is 7.29. The van der Waals surface area contributed by atoms with Crippen LogP contribution in [0.1, 0.15) is 59.6 Å². The third kappa shape index (κ3) is 5.10. The number of para-hydroxylation sites is 1. The van der Waals surface area contributed by atoms with Crippen molar-refractivity contribution in [2.45, 2.75) is 59.3 Å². The van der Waals surface area contributed by atoms with Gasteiger partial charge < -0.3 is 5.11 Å². The third-order valence-corrected chi connectivity index (χ3v) is 2.63. The molecule has 1 aromatic carbocycles. The van der Waals surface area contributed by atoms with E-state index >= 15 is 0 Å². The van der Waals surface area contributed by atoms with Crippen LogP contribution in [0.15, 0.2) is 18.2 Å². The molecular weight excluding hydrogens is 274 g/mol. The number of rotatable bonds is 0. The van der Waals surface area contributed by atoms with Crippen molar-refractivity contribution in [2.75, 3.05) is 0 Å². The predicted molar refractivity (Wildman–Crippen MR) is 74.3 cm³/mol. The number of hydrogen-bond acceptors (Lipinski definition) is 1. The van der Waals surface area contributed by atoms with Crippen molar-refractivity contribution in [3.63, 3.8) is 0 Å². The Labute approximate surface area is 126 Å². The standard InChI is InChI=1S/C14H22O.C2H5.Zn/c1-13(2,3)10-8-7-9-11(12(10)15)14(4,5)6;1-2;/h7-9,15H,1-6H3;1H2,2H3;/p-1. The quantitative estimate of drug-likeness (QED) is 0.659. The van der Waals surface area contributed by atoms with Gasteiger partial charge in [-0.25, -0.2) is 0 Å². The maximum absolute atomic E-state index is 12.3. The van der Waals surface area contributed by atoms with Crippen LogP contribution in [0.25, 0.3) is 0 Å². The maximum Gasteiger partial charge on any atom is 0 e. The summed E-state index contributed by atoms with van der Waals surface area (Å²) in [5, 5.41) is 12.3. The summed E-state index contributed by atoms with van der Waals surface area (Å²) >= 11 is 0. The summed E-state index contributed by atoms with van der Waals surface area (Å²) in [5.41, 5.74) is 1.68. The van der Waals surface area contributed by atoms with E-state index in [1.54, 1.807) is 6.92 Å². The summed E-state index contributed by atoms with van der Waals surface area (Å²) in [4.78, 5) is 0. The van der Waals surface area contributed by atoms with Gasteiger partial charge in [-0.3, -0.25) is 0 Å². The molecule has 1 aromatic rings. The van der Waals surface area contributed by atoms with Gasteiger partial charge in [-0.15, -0.1) is 5.75 Å². The van der Waals surface area contributed by atoms with Crippen LogP contribution in [0.5, 0.6) is 5.75 Å². The molecule has 0 unspecified atom stereocenters. The summed E-state index contributed by atoms with van der Waals surface area (Å²) in [7, 11) is 0. The second-order valence-corrected chi connectivity index (χ2v) is 6.18. The molecule has 0 saturated carbocycles. The van der Waals surface area contributed by atoms with E-state index in [1.165, 1.54) is 0 Å². The number of benzene rings is 1. The van der Waals surface area contributed by atoms with Gasteiger partial charge in [-0.05, 0) is 10.8 Å². The summed E-state index contributed by atoms with van der Waals surface area (Å²) in [6.07, 6.45) is 0. The molecule has 0 N–H and O–H groups in total. The normalized spacial score (nSPS) is 11.1. The Morgan fingerprint density at radius 3 is 1.33 bits per heavy atom. The van der Waals surface area contributed by atoms with E-state index in [1.807, 2.05) is 18.2 Å². The Bertz CT molecular complexity index is 324. The van der Waals surface area contributed by atoms with E-state index in [2.05, 4.69) is 48.5 Å². The van der Waals surface area contributed by atoms with Crippen LogP contribution >= 0.6 is 0 Å². The summed E-state index contributed by atoms with van der Waals surface area (Å²) in [6, 6.07) is 5.87. The van der Waals surface area contributed by atoms with Crippen molar-refractivity contribution in [3.05, 3.63) is 36.2 Å². The number of hydrogen-bond donors (Lipinski definition) is 0. The summed E-state index contributed by atoms with van der Waals surface area (Å²) < 4.78 is 0. The maximum atomic E-state index is 12.3. The first-order chi connectivity index (χ1) is 7.64. The van der Waals surface area contributed by atoms with E-state index in [-0.39, 0.29) is 36.1 Å². The molecule has 18 heavy (non-hydrogen) atoms. The first-order valence-corrected chi connectivity index (χ1v) is 6.16. The fourth-order valence-corrected chi connectivity index (χ4v) is 1.72. The van der Waals surface area contributed by atoms with Crippen LogP contribution in [0.4, 0.5) is 0 Å². The minimum absolute atomic E-state index is 0. The van der Waals surface area contributed by atoms with Crippen molar-refractivity contribution in [3.8, 4) is 5.75 Å². The van der Waals surface area contributed by atoms with Crippen LogP contribution in [0, 0.1) is 6.92 Å². The Hall–Kier alpha value is -0.357. The zero-order valence-electron chi connectivity index (χ0n) is 13.1. The molecule has 0 saturated heterocycles. The Balaban J connectivity index is 0. The third-order valence-electron chi connectivity index (χ3n) is 2.63. The van der Waals surface area contributed by atoms with Gasteiger partial charge in [0, 0.05) is 19.5 Å². The van der Waals surface area contributed by atoms with Gasteiger partial charge in [0.1, 0.15) is 0 Å². The van der Waals surface area contributed by atoms with Crippen molar-refractivity contribution >= 4 is 0 Å². The molecule has 0 spiro atoms. The summed E-state index contributed by atoms with van der Waals surface area (Å²) in [6.45, 7) is 17.5. The molecule has 1 rings (SSSR count). The topological polar surface area (TPSA) is 23.1 Å². The fourth-order valence-electron chi connectivity index (χ4n) is 1.72. The van der Waals surface area contributed by atoms with E-state index in [9.17, 15) is 5.11 Å². The van der Waals surface area contributed by atoms with E-state index in [0.717, 1.165) is 11.1 Å². The molecule has 0 fully saturated rings. The smallest absolute Gasteiger partial charge is 0 e. The molecule has 2 heteroatoms. The Morgan fingerprint density at radius 2 is 1.11 bits per heavy atom. The van der Waals surface area contributed by atoms with Gasteiger partial charge in [0.2, 0.25) is 0 Å². The predicted octanol–water partition coefficient (Wildman–Crippen LogP) is 4.19. The molecule has 99 valence electrons. The summed E-state index contributed by atoms with van der Waals surface area (Å²) in [5.74, 6) is 0.206. The van der Waals surface area contributed by atoms with Crippen LogP contribution in [-0.4, -0.2) is 0 Å². The molecule has 0 heterocycles. The average Bonchev–Trinajstić information content (AvgIpc) is 2.17. The first-order valence-electron chi connectivity index (χ1n) is 6.16. The Morgan fingerprint density at radius 1 is 0.833 bits per heavy atom. The molecule has 0 aromatic heterocycles. The zero-order valence-corrected chi connectivity index (χ0v) is 16.0. The van der Waals surface area contributed by atoms with E-state index in [0.29, 0.717) is 0 Å². The molecule has 0 aliphatic carbocycles. The van der Waals surface area contributed by atoms with Crippen molar-refractivity contribution in [2.24, 2.45) is 0 Å². The van der Waals surface area contributed by atoms with E-state index in [4.69, 9.17) is 0 Å². The van der Waals surface area contributed by atoms with E-state index < -0.39 is 0 Å². The van der Waals surface area contributed by atoms with Gasteiger partial charge >= 0.3 is 0 Å². The van der Waals surface area contributed by atoms with Gasteiger partial charge in [0.15, 0.2) is 0 Å². The molecule has 1 nitrogen and oxygen atoms in total. The fraction of sp³-hybridized carbons (Fsp3) is 0.562. The van der Waals surface area contributed by atoms with Gasteiger partial charge in [0.05, 0.1) is 0 Å². The van der Waals surface area contributed by atoms with Crippen LogP contribution in [0.3, 0.4) is 0 Å². The van der Waals surface area contributed by atoms with Crippen LogP contribution < -0.4 is 5.11 Å². The second-order valence-electron chi connectivity index (χ2n) is 6.18. The van der Waals surface area contributed by atoms with Gasteiger partial charge in [-0.2, -0.15) is 0 Å². The molecule has 0 aliphatic heterocycles. The SMILES string of the molecule is CC(C)(C)c1cccc(C(C)(C)C)c1[O-].[CH2]C.[Zn]. The molecule has 0 bridgehead atoms. The van der Waals surface area contributed by atoms with Crippen LogP contribution in [0.2, 0.25) is 0 Å². The zero-order chi connectivity index (χ0) is 13.9. The van der Waals surface area contributed by atoms with Crippen molar-refractivity contribution in [1.29, 1.82) is 0 Å². The largest absolute Gasteiger partial charge is 0.872 e. The van der Waals surface area contributed by atoms with Gasteiger partial charge in [0.25, 0.3) is 0 Å². The molecule has 0 amide bonds. The molecule has 1 radical (unpaired) electrons. The first kappa shape index (κ1) is 20.0. The van der Waals surface area contributed by atoms with Crippen molar-refractivity contribution < 1.29 is 24.6 Å². The minimum Gasteiger partial charge on any atom is -0.872 e. The van der Waals surface area contributed by atoms with Crippen LogP contribution in [-0.2, 0) is 30.3 Å². The molecular formula is C16H26OZn-. The Kier molecular flexibility index (Phi) is 8.08. The van der Waals surface area contributed by atoms with Crippen molar-refractivity contribution in [1.82, 2.24) is 0 Å². The average molecular weight is 300 g/mol.